The van der Waals surface area contributed by atoms with Gasteiger partial charge in [-0.1, -0.05) is 55.2 Å². The van der Waals surface area contributed by atoms with Crippen molar-refractivity contribution in [3.8, 4) is 5.75 Å². The first-order valence-corrected chi connectivity index (χ1v) is 9.30. The average Bonchev–Trinajstić information content (AvgIpc) is 2.85. The smallest absolute Gasteiger partial charge is 0.261 e. The van der Waals surface area contributed by atoms with E-state index >= 15 is 0 Å². The maximum atomic E-state index is 12.5. The lowest BCUT2D eigenvalue weighted by Crippen LogP contribution is -2.39. The Bertz CT molecular complexity index is 857. The van der Waals surface area contributed by atoms with Gasteiger partial charge in [0.1, 0.15) is 18.5 Å². The molecule has 5 nitrogen and oxygen atoms in total. The molecule has 3 rings (SSSR count). The third kappa shape index (κ3) is 3.95. The van der Waals surface area contributed by atoms with E-state index < -0.39 is 17.9 Å². The largest absolute Gasteiger partial charge is 0.491 e. The standard InChI is InChI=1S/C20H19Cl2NO4/c1-11(2)13-5-3-4-6-18(13)27-10-12(24)9-23-19(25)14-7-16(21)17(22)8-15(14)20(23)26/h3-8,11-12,24H,9-10H2,1-2H3/t12-/m0/s1. The molecule has 0 radical (unpaired) electrons. The van der Waals surface area contributed by atoms with Gasteiger partial charge in [0.15, 0.2) is 0 Å². The highest BCUT2D eigenvalue weighted by Gasteiger charge is 2.37. The van der Waals surface area contributed by atoms with Crippen LogP contribution in [0.1, 0.15) is 46.0 Å². The molecule has 0 spiro atoms. The van der Waals surface area contributed by atoms with Crippen LogP contribution in [0, 0.1) is 0 Å². The number of carbonyl (C=O) groups excluding carboxylic acids is 2. The van der Waals surface area contributed by atoms with Crippen LogP contribution in [0.4, 0.5) is 0 Å². The number of aliphatic hydroxyl groups is 1. The number of amides is 2. The number of fused-ring (bicyclic) bond motifs is 1. The van der Waals surface area contributed by atoms with Crippen molar-refractivity contribution < 1.29 is 19.4 Å². The number of benzene rings is 2. The zero-order valence-electron chi connectivity index (χ0n) is 14.9. The highest BCUT2D eigenvalue weighted by molar-refractivity contribution is 6.43. The lowest BCUT2D eigenvalue weighted by Gasteiger charge is -2.20. The first kappa shape index (κ1) is 19.7. The van der Waals surface area contributed by atoms with Crippen LogP contribution in [0.2, 0.25) is 10.0 Å². The molecule has 1 heterocycles. The second kappa shape index (κ2) is 7.89. The molecule has 2 aromatic rings. The monoisotopic (exact) mass is 407 g/mol. The maximum absolute atomic E-state index is 12.5. The number of rotatable bonds is 6. The molecule has 7 heteroatoms. The second-order valence-electron chi connectivity index (χ2n) is 6.69. The van der Waals surface area contributed by atoms with E-state index in [9.17, 15) is 14.7 Å². The Balaban J connectivity index is 1.68. The van der Waals surface area contributed by atoms with E-state index in [4.69, 9.17) is 27.9 Å². The number of carbonyl (C=O) groups is 2. The molecule has 1 atom stereocenters. The molecular formula is C20H19Cl2NO4. The van der Waals surface area contributed by atoms with Gasteiger partial charge in [-0.15, -0.1) is 0 Å². The van der Waals surface area contributed by atoms with Gasteiger partial charge < -0.3 is 9.84 Å². The van der Waals surface area contributed by atoms with Crippen molar-refractivity contribution in [2.24, 2.45) is 0 Å². The summed E-state index contributed by atoms with van der Waals surface area (Å²) in [6.45, 7) is 3.88. The van der Waals surface area contributed by atoms with Crippen LogP contribution in [0.5, 0.6) is 5.75 Å². The molecule has 2 aromatic carbocycles. The minimum Gasteiger partial charge on any atom is -0.491 e. The molecule has 1 aliphatic rings. The highest BCUT2D eigenvalue weighted by Crippen LogP contribution is 2.31. The van der Waals surface area contributed by atoms with Crippen LogP contribution in [-0.2, 0) is 0 Å². The molecule has 1 aliphatic heterocycles. The van der Waals surface area contributed by atoms with Crippen molar-refractivity contribution in [2.45, 2.75) is 25.9 Å². The van der Waals surface area contributed by atoms with E-state index in [2.05, 4.69) is 0 Å². The minimum atomic E-state index is -1.03. The molecule has 0 aliphatic carbocycles. The van der Waals surface area contributed by atoms with Crippen molar-refractivity contribution in [3.63, 3.8) is 0 Å². The molecule has 0 aromatic heterocycles. The van der Waals surface area contributed by atoms with E-state index in [-0.39, 0.29) is 40.2 Å². The van der Waals surface area contributed by atoms with Gasteiger partial charge in [-0.2, -0.15) is 0 Å². The third-order valence-electron chi connectivity index (χ3n) is 4.38. The van der Waals surface area contributed by atoms with Gasteiger partial charge in [-0.25, -0.2) is 0 Å². The van der Waals surface area contributed by atoms with Gasteiger partial charge in [-0.05, 0) is 29.7 Å². The van der Waals surface area contributed by atoms with E-state index in [1.165, 1.54) is 12.1 Å². The summed E-state index contributed by atoms with van der Waals surface area (Å²) in [5.41, 5.74) is 1.40. The van der Waals surface area contributed by atoms with Crippen molar-refractivity contribution in [2.75, 3.05) is 13.2 Å². The van der Waals surface area contributed by atoms with Crippen LogP contribution in [0.25, 0.3) is 0 Å². The van der Waals surface area contributed by atoms with Gasteiger partial charge >= 0.3 is 0 Å². The maximum Gasteiger partial charge on any atom is 0.261 e. The molecule has 142 valence electrons. The third-order valence-corrected chi connectivity index (χ3v) is 5.10. The molecule has 0 saturated carbocycles. The van der Waals surface area contributed by atoms with Crippen LogP contribution in [-0.4, -0.2) is 41.1 Å². The van der Waals surface area contributed by atoms with Gasteiger partial charge in [0.05, 0.1) is 27.7 Å². The number of aliphatic hydroxyl groups excluding tert-OH is 1. The van der Waals surface area contributed by atoms with Crippen molar-refractivity contribution in [1.29, 1.82) is 0 Å². The minimum absolute atomic E-state index is 0.0430. The Morgan fingerprint density at radius 3 is 2.15 bits per heavy atom. The Morgan fingerprint density at radius 2 is 1.59 bits per heavy atom. The predicted molar refractivity (Wildman–Crippen MR) is 104 cm³/mol. The number of hydrogen-bond acceptors (Lipinski definition) is 4. The lowest BCUT2D eigenvalue weighted by atomic mass is 10.0. The van der Waals surface area contributed by atoms with Crippen molar-refractivity contribution >= 4 is 35.0 Å². The molecule has 0 unspecified atom stereocenters. The lowest BCUT2D eigenvalue weighted by molar-refractivity contribution is 0.0455. The quantitative estimate of drug-likeness (QED) is 0.730. The number of nitrogens with zero attached hydrogens (tertiary/aromatic N) is 1. The van der Waals surface area contributed by atoms with Crippen molar-refractivity contribution in [1.82, 2.24) is 4.90 Å². The number of para-hydroxylation sites is 1. The van der Waals surface area contributed by atoms with Crippen LogP contribution < -0.4 is 4.74 Å². The van der Waals surface area contributed by atoms with Crippen molar-refractivity contribution in [3.05, 3.63) is 63.1 Å². The fourth-order valence-electron chi connectivity index (χ4n) is 2.99. The first-order chi connectivity index (χ1) is 12.8. The molecule has 0 fully saturated rings. The fourth-order valence-corrected chi connectivity index (χ4v) is 3.32. The van der Waals surface area contributed by atoms with E-state index in [0.29, 0.717) is 5.75 Å². The Hall–Kier alpha value is -2.08. The summed E-state index contributed by atoms with van der Waals surface area (Å²) in [6.07, 6.45) is -1.03. The predicted octanol–water partition coefficient (Wildman–Crippen LogP) is 4.15. The van der Waals surface area contributed by atoms with Gasteiger partial charge in [0, 0.05) is 0 Å². The van der Waals surface area contributed by atoms with E-state index in [0.717, 1.165) is 10.5 Å². The summed E-state index contributed by atoms with van der Waals surface area (Å²) >= 11 is 11.9. The van der Waals surface area contributed by atoms with E-state index in [1.807, 2.05) is 38.1 Å². The summed E-state index contributed by atoms with van der Waals surface area (Å²) in [4.78, 5) is 25.9. The zero-order valence-corrected chi connectivity index (χ0v) is 16.4. The number of imide groups is 1. The number of hydrogen-bond donors (Lipinski definition) is 1. The van der Waals surface area contributed by atoms with E-state index in [1.54, 1.807) is 0 Å². The normalized spacial score (nSPS) is 14.7. The number of ether oxygens (including phenoxy) is 1. The molecule has 2 amide bonds. The van der Waals surface area contributed by atoms with Gasteiger partial charge in [-0.3, -0.25) is 14.5 Å². The van der Waals surface area contributed by atoms with Gasteiger partial charge in [0.2, 0.25) is 0 Å². The molecule has 1 N–H and O–H groups in total. The number of β-amino-alcohol motifs (C(OH)–C–C–N with tert-alkyl or cyclic N) is 1. The summed E-state index contributed by atoms with van der Waals surface area (Å²) in [5, 5.41) is 10.7. The van der Waals surface area contributed by atoms with Crippen LogP contribution in [0.15, 0.2) is 36.4 Å². The number of halogens is 2. The molecular weight excluding hydrogens is 389 g/mol. The molecule has 0 saturated heterocycles. The Labute approximate surface area is 167 Å². The summed E-state index contributed by atoms with van der Waals surface area (Å²) < 4.78 is 5.71. The Kier molecular flexibility index (Phi) is 5.75. The zero-order chi connectivity index (χ0) is 19.7. The summed E-state index contributed by atoms with van der Waals surface area (Å²) in [6, 6.07) is 10.3. The Morgan fingerprint density at radius 1 is 1.04 bits per heavy atom. The summed E-state index contributed by atoms with van der Waals surface area (Å²) in [7, 11) is 0. The van der Waals surface area contributed by atoms with Gasteiger partial charge in [0.25, 0.3) is 11.8 Å². The summed E-state index contributed by atoms with van der Waals surface area (Å²) in [5.74, 6) is -0.0676. The second-order valence-corrected chi connectivity index (χ2v) is 7.50. The molecule has 27 heavy (non-hydrogen) atoms. The average molecular weight is 408 g/mol. The SMILES string of the molecule is CC(C)c1ccccc1OC[C@@H](O)CN1C(=O)c2cc(Cl)c(Cl)cc2C1=O. The molecule has 0 bridgehead atoms. The topological polar surface area (TPSA) is 66.8 Å². The first-order valence-electron chi connectivity index (χ1n) is 8.54. The van der Waals surface area contributed by atoms with Crippen LogP contribution >= 0.6 is 23.2 Å². The fraction of sp³-hybridized carbons (Fsp3) is 0.300. The highest BCUT2D eigenvalue weighted by atomic mass is 35.5. The van der Waals surface area contributed by atoms with Crippen LogP contribution in [0.3, 0.4) is 0 Å².